The van der Waals surface area contributed by atoms with Gasteiger partial charge >= 0.3 is 12.1 Å². The molecule has 1 aliphatic heterocycles. The van der Waals surface area contributed by atoms with E-state index in [9.17, 15) is 33.0 Å². The molecule has 3 aromatic rings. The number of alkyl halides is 3. The second-order valence-electron chi connectivity index (χ2n) is 9.72. The van der Waals surface area contributed by atoms with Crippen molar-refractivity contribution in [3.8, 4) is 16.9 Å². The lowest BCUT2D eigenvalue weighted by molar-refractivity contribution is -0.150. The summed E-state index contributed by atoms with van der Waals surface area (Å²) in [6.07, 6.45) is -3.50. The molecule has 40 heavy (non-hydrogen) atoms. The van der Waals surface area contributed by atoms with Crippen molar-refractivity contribution in [1.29, 1.82) is 0 Å². The van der Waals surface area contributed by atoms with Gasteiger partial charge in [-0.25, -0.2) is 0 Å². The highest BCUT2D eigenvalue weighted by Gasteiger charge is 2.32. The second kappa shape index (κ2) is 12.8. The van der Waals surface area contributed by atoms with Crippen molar-refractivity contribution < 1.29 is 32.9 Å². The molecule has 2 aromatic carbocycles. The minimum atomic E-state index is -4.62. The van der Waals surface area contributed by atoms with Crippen LogP contribution in [0.2, 0.25) is 5.02 Å². The molecule has 2 unspecified atom stereocenters. The van der Waals surface area contributed by atoms with E-state index in [1.54, 1.807) is 6.92 Å². The Morgan fingerprint density at radius 2 is 2.05 bits per heavy atom. The molecule has 1 fully saturated rings. The van der Waals surface area contributed by atoms with Crippen LogP contribution >= 0.6 is 23.4 Å². The summed E-state index contributed by atoms with van der Waals surface area (Å²) in [7, 11) is 0. The van der Waals surface area contributed by atoms with Crippen LogP contribution in [-0.4, -0.2) is 64.2 Å². The molecule has 0 saturated carbocycles. The molecular weight excluding hydrogens is 569 g/mol. The Bertz CT molecular complexity index is 1430. The first-order valence-electron chi connectivity index (χ1n) is 12.9. The largest absolute Gasteiger partial charge is 0.507 e. The SMILES string of the molecule is CCOC(=O)C1CCCN(CCC(O)CSc2c(-c3cc(Cl)ccc3O)c3cc(C(F)(F)F)ccc3[nH]c2=O)C1. The first-order valence-corrected chi connectivity index (χ1v) is 14.3. The number of halogens is 4. The Morgan fingerprint density at radius 3 is 2.77 bits per heavy atom. The van der Waals surface area contributed by atoms with Gasteiger partial charge < -0.3 is 24.8 Å². The number of likely N-dealkylation sites (tertiary alicyclic amines) is 1. The lowest BCUT2D eigenvalue weighted by Crippen LogP contribution is -2.40. The van der Waals surface area contributed by atoms with Gasteiger partial charge in [0.25, 0.3) is 5.56 Å². The van der Waals surface area contributed by atoms with E-state index < -0.39 is 23.4 Å². The maximum Gasteiger partial charge on any atom is 0.416 e. The summed E-state index contributed by atoms with van der Waals surface area (Å²) >= 11 is 7.14. The van der Waals surface area contributed by atoms with Gasteiger partial charge in [0, 0.05) is 45.9 Å². The van der Waals surface area contributed by atoms with Crippen molar-refractivity contribution in [2.75, 3.05) is 32.0 Å². The molecule has 1 saturated heterocycles. The number of H-pyrrole nitrogens is 1. The number of carbonyl (C=O) groups is 1. The quantitative estimate of drug-likeness (QED) is 0.215. The fourth-order valence-corrected chi connectivity index (χ4v) is 6.11. The number of nitrogens with zero attached hydrogens (tertiary/aromatic N) is 1. The van der Waals surface area contributed by atoms with Crippen molar-refractivity contribution in [1.82, 2.24) is 9.88 Å². The summed E-state index contributed by atoms with van der Waals surface area (Å²) < 4.78 is 45.8. The van der Waals surface area contributed by atoms with Crippen molar-refractivity contribution in [2.24, 2.45) is 5.92 Å². The fraction of sp³-hybridized carbons (Fsp3) is 0.429. The molecule has 216 valence electrons. The first-order chi connectivity index (χ1) is 19.0. The third-order valence-corrected chi connectivity index (χ3v) is 8.31. The molecule has 0 aliphatic carbocycles. The minimum absolute atomic E-state index is 0.0591. The predicted molar refractivity (Wildman–Crippen MR) is 149 cm³/mol. The van der Waals surface area contributed by atoms with Crippen LogP contribution in [0.1, 0.15) is 31.7 Å². The van der Waals surface area contributed by atoms with Crippen LogP contribution in [0.25, 0.3) is 22.0 Å². The van der Waals surface area contributed by atoms with E-state index in [1.165, 1.54) is 24.3 Å². The molecule has 2 atom stereocenters. The molecule has 0 radical (unpaired) electrons. The lowest BCUT2D eigenvalue weighted by Gasteiger charge is -2.31. The van der Waals surface area contributed by atoms with E-state index in [0.717, 1.165) is 43.3 Å². The summed E-state index contributed by atoms with van der Waals surface area (Å²) in [5.74, 6) is -0.593. The molecule has 2 heterocycles. The minimum Gasteiger partial charge on any atom is -0.507 e. The van der Waals surface area contributed by atoms with E-state index in [1.807, 2.05) is 0 Å². The van der Waals surface area contributed by atoms with Gasteiger partial charge in [-0.05, 0) is 69.1 Å². The van der Waals surface area contributed by atoms with Crippen molar-refractivity contribution in [3.05, 3.63) is 57.3 Å². The van der Waals surface area contributed by atoms with Crippen LogP contribution in [0.5, 0.6) is 5.75 Å². The molecule has 7 nitrogen and oxygen atoms in total. The molecule has 12 heteroatoms. The van der Waals surface area contributed by atoms with E-state index in [-0.39, 0.29) is 55.3 Å². The first kappa shape index (κ1) is 30.2. The number of ether oxygens (including phenoxy) is 1. The summed E-state index contributed by atoms with van der Waals surface area (Å²) in [5, 5.41) is 21.7. The number of phenols is 1. The monoisotopic (exact) mass is 598 g/mol. The molecule has 0 bridgehead atoms. The molecule has 0 amide bonds. The molecule has 4 rings (SSSR count). The highest BCUT2D eigenvalue weighted by Crippen LogP contribution is 2.42. The maximum atomic E-state index is 13.6. The van der Waals surface area contributed by atoms with Crippen LogP contribution < -0.4 is 5.56 Å². The number of fused-ring (bicyclic) bond motifs is 1. The number of benzene rings is 2. The lowest BCUT2D eigenvalue weighted by atomic mass is 9.98. The van der Waals surface area contributed by atoms with E-state index in [4.69, 9.17) is 16.3 Å². The molecule has 0 spiro atoms. The number of piperidine rings is 1. The molecule has 1 aliphatic rings. The van der Waals surface area contributed by atoms with Crippen molar-refractivity contribution >= 4 is 40.2 Å². The fourth-order valence-electron chi connectivity index (χ4n) is 4.87. The second-order valence-corrected chi connectivity index (χ2v) is 11.2. The topological polar surface area (TPSA) is 103 Å². The summed E-state index contributed by atoms with van der Waals surface area (Å²) in [6.45, 7) is 3.96. The number of hydrogen-bond acceptors (Lipinski definition) is 7. The van der Waals surface area contributed by atoms with Gasteiger partial charge in [-0.15, -0.1) is 11.8 Å². The number of aliphatic hydroxyl groups is 1. The van der Waals surface area contributed by atoms with Crippen molar-refractivity contribution in [3.63, 3.8) is 0 Å². The highest BCUT2D eigenvalue weighted by atomic mass is 35.5. The Labute approximate surface area is 238 Å². The van der Waals surface area contributed by atoms with Crippen LogP contribution in [0.3, 0.4) is 0 Å². The smallest absolute Gasteiger partial charge is 0.416 e. The average molecular weight is 599 g/mol. The van der Waals surface area contributed by atoms with Gasteiger partial charge in [-0.2, -0.15) is 13.2 Å². The number of nitrogens with one attached hydrogen (secondary N) is 1. The number of esters is 1. The zero-order valence-electron chi connectivity index (χ0n) is 21.8. The molecule has 3 N–H and O–H groups in total. The Morgan fingerprint density at radius 1 is 1.27 bits per heavy atom. The van der Waals surface area contributed by atoms with Crippen LogP contribution in [-0.2, 0) is 15.7 Å². The van der Waals surface area contributed by atoms with Crippen LogP contribution in [0.15, 0.2) is 46.1 Å². The number of thioether (sulfide) groups is 1. The number of hydrogen-bond donors (Lipinski definition) is 3. The number of pyridine rings is 1. The summed E-state index contributed by atoms with van der Waals surface area (Å²) in [6, 6.07) is 7.12. The number of aliphatic hydroxyl groups excluding tert-OH is 1. The van der Waals surface area contributed by atoms with Gasteiger partial charge in [0.15, 0.2) is 0 Å². The predicted octanol–water partition coefficient (Wildman–Crippen LogP) is 5.69. The third-order valence-electron chi connectivity index (χ3n) is 6.85. The number of rotatable bonds is 9. The zero-order valence-corrected chi connectivity index (χ0v) is 23.3. The van der Waals surface area contributed by atoms with Crippen molar-refractivity contribution in [2.45, 2.75) is 43.4 Å². The van der Waals surface area contributed by atoms with Gasteiger partial charge in [-0.3, -0.25) is 9.59 Å². The van der Waals surface area contributed by atoms with E-state index >= 15 is 0 Å². The summed E-state index contributed by atoms with van der Waals surface area (Å²) in [4.78, 5) is 30.0. The standard InChI is InChI=1S/C28H30ClF3N2O5S/c1-2-39-27(38)16-4-3-10-34(14-16)11-9-19(35)15-40-25-24(21-13-18(29)6-8-23(21)36)20-12-17(28(30,31)32)5-7-22(20)33-26(25)37/h5-8,12-13,16,19,35-36H,2-4,9-11,14-15H2,1H3,(H,33,37). The van der Waals surface area contributed by atoms with E-state index in [0.29, 0.717) is 26.1 Å². The van der Waals surface area contributed by atoms with Gasteiger partial charge in [0.2, 0.25) is 0 Å². The average Bonchev–Trinajstić information content (AvgIpc) is 2.91. The molecule has 1 aromatic heterocycles. The maximum absolute atomic E-state index is 13.6. The Balaban J connectivity index is 1.58. The normalized spacial score (nSPS) is 17.2. The van der Waals surface area contributed by atoms with Gasteiger partial charge in [-0.1, -0.05) is 11.6 Å². The molecular formula is C28H30ClF3N2O5S. The number of phenolic OH excluding ortho intramolecular Hbond substituents is 1. The number of aromatic amines is 1. The number of aromatic nitrogens is 1. The highest BCUT2D eigenvalue weighted by molar-refractivity contribution is 7.99. The summed E-state index contributed by atoms with van der Waals surface area (Å²) in [5.41, 5.74) is -1.09. The van der Waals surface area contributed by atoms with E-state index in [2.05, 4.69) is 9.88 Å². The zero-order chi connectivity index (χ0) is 29.0. The number of carbonyl (C=O) groups excluding carboxylic acids is 1. The van der Waals surface area contributed by atoms with Crippen LogP contribution in [0.4, 0.5) is 13.2 Å². The Hall–Kier alpha value is -2.73. The van der Waals surface area contributed by atoms with Crippen LogP contribution in [0, 0.1) is 5.92 Å². The van der Waals surface area contributed by atoms with Gasteiger partial charge in [0.05, 0.1) is 29.1 Å². The Kier molecular flexibility index (Phi) is 9.71. The van der Waals surface area contributed by atoms with Gasteiger partial charge in [0.1, 0.15) is 5.75 Å². The third kappa shape index (κ3) is 7.12. The number of aromatic hydroxyl groups is 1.